The first-order valence-electron chi connectivity index (χ1n) is 13.8. The van der Waals surface area contributed by atoms with E-state index in [9.17, 15) is 14.7 Å². The molecule has 38 heavy (non-hydrogen) atoms. The zero-order valence-corrected chi connectivity index (χ0v) is 22.3. The fourth-order valence-electron chi connectivity index (χ4n) is 5.92. The van der Waals surface area contributed by atoms with E-state index in [0.717, 1.165) is 17.7 Å². The number of ether oxygens (including phenoxy) is 1. The zero-order valence-electron chi connectivity index (χ0n) is 22.3. The van der Waals surface area contributed by atoms with Gasteiger partial charge in [0.05, 0.1) is 12.6 Å². The van der Waals surface area contributed by atoms with Crippen LogP contribution in [0.15, 0.2) is 60.7 Å². The Morgan fingerprint density at radius 3 is 2.66 bits per heavy atom. The van der Waals surface area contributed by atoms with Gasteiger partial charge in [-0.2, -0.15) is 0 Å². The van der Waals surface area contributed by atoms with E-state index in [2.05, 4.69) is 36.1 Å². The number of piperidine rings is 1. The van der Waals surface area contributed by atoms with Crippen molar-refractivity contribution in [3.05, 3.63) is 77.4 Å². The monoisotopic (exact) mass is 517 g/mol. The molecule has 0 radical (unpaired) electrons. The number of hydrogen-bond acceptors (Lipinski definition) is 5. The number of fused-ring (bicyclic) bond motifs is 3. The van der Waals surface area contributed by atoms with Crippen LogP contribution in [0.5, 0.6) is 5.75 Å². The van der Waals surface area contributed by atoms with Crippen LogP contribution in [0.4, 0.5) is 0 Å². The van der Waals surface area contributed by atoms with Gasteiger partial charge < -0.3 is 19.6 Å². The van der Waals surface area contributed by atoms with Crippen LogP contribution in [0, 0.1) is 18.8 Å². The van der Waals surface area contributed by atoms with Gasteiger partial charge in [0, 0.05) is 51.3 Å². The van der Waals surface area contributed by atoms with Crippen molar-refractivity contribution < 1.29 is 19.4 Å². The Kier molecular flexibility index (Phi) is 8.45. The molecule has 5 rings (SSSR count). The van der Waals surface area contributed by atoms with E-state index in [0.29, 0.717) is 65.3 Å². The smallest absolute Gasteiger partial charge is 0.236 e. The van der Waals surface area contributed by atoms with Crippen molar-refractivity contribution in [2.24, 2.45) is 11.8 Å². The van der Waals surface area contributed by atoms with Crippen molar-refractivity contribution in [2.75, 3.05) is 39.3 Å². The van der Waals surface area contributed by atoms with E-state index in [1.165, 1.54) is 11.1 Å². The summed E-state index contributed by atoms with van der Waals surface area (Å²) in [6.45, 7) is 6.52. The number of β-amino-alcohol motifs (C(OH)–C–C–N with tert-alkyl or cyclic N) is 1. The molecule has 2 fully saturated rings. The molecule has 2 amide bonds. The van der Waals surface area contributed by atoms with Crippen molar-refractivity contribution in [3.63, 3.8) is 0 Å². The third-order valence-corrected chi connectivity index (χ3v) is 8.21. The Hall–Kier alpha value is -3.16. The summed E-state index contributed by atoms with van der Waals surface area (Å²) in [5.74, 6) is 1.33. The van der Waals surface area contributed by atoms with Gasteiger partial charge in [-0.15, -0.1) is 0 Å². The van der Waals surface area contributed by atoms with E-state index in [-0.39, 0.29) is 23.7 Å². The number of carbonyl (C=O) groups excluding carboxylic acids is 2. The first-order valence-corrected chi connectivity index (χ1v) is 13.8. The second-order valence-electron chi connectivity index (χ2n) is 11.0. The van der Waals surface area contributed by atoms with E-state index in [4.69, 9.17) is 4.74 Å². The first-order chi connectivity index (χ1) is 18.5. The van der Waals surface area contributed by atoms with E-state index < -0.39 is 6.10 Å². The zero-order chi connectivity index (χ0) is 26.5. The molecule has 2 aromatic carbocycles. The SMILES string of the molecule is Cc1ccccc1CN1CC(=O)N2CC[C@@H](CC(=O)N3CC[C@@H](O)C3)[C@@H](C=CCOc3ccccc3C1)C2. The highest BCUT2D eigenvalue weighted by Crippen LogP contribution is 2.30. The van der Waals surface area contributed by atoms with Gasteiger partial charge in [-0.05, 0) is 48.8 Å². The maximum Gasteiger partial charge on any atom is 0.236 e. The molecule has 7 nitrogen and oxygen atoms in total. The first kappa shape index (κ1) is 26.4. The standard InChI is InChI=1S/C31H39N3O4/c1-23-7-2-3-8-25(23)18-32-19-27-9-4-5-11-29(27)38-16-6-10-26-20-33(31(37)22-32)14-12-24(26)17-30(36)34-15-13-28(35)21-34/h2-11,24,26,28,35H,12-22H2,1H3/t24-,26-,28+/m0/s1. The maximum atomic E-state index is 13.6. The molecule has 2 saturated heterocycles. The number of nitrogens with zero attached hydrogens (tertiary/aromatic N) is 3. The summed E-state index contributed by atoms with van der Waals surface area (Å²) >= 11 is 0. The number of para-hydroxylation sites is 1. The molecular weight excluding hydrogens is 478 g/mol. The molecule has 0 aromatic heterocycles. The van der Waals surface area contributed by atoms with Crippen LogP contribution >= 0.6 is 0 Å². The summed E-state index contributed by atoms with van der Waals surface area (Å²) in [5.41, 5.74) is 3.50. The molecule has 0 saturated carbocycles. The highest BCUT2D eigenvalue weighted by atomic mass is 16.5. The number of amides is 2. The van der Waals surface area contributed by atoms with Crippen LogP contribution in [0.1, 0.15) is 36.0 Å². The number of carbonyl (C=O) groups is 2. The van der Waals surface area contributed by atoms with Crippen molar-refractivity contribution in [1.29, 1.82) is 0 Å². The molecule has 3 aliphatic rings. The van der Waals surface area contributed by atoms with Crippen molar-refractivity contribution >= 4 is 11.8 Å². The van der Waals surface area contributed by atoms with Crippen LogP contribution in [-0.4, -0.2) is 77.1 Å². The summed E-state index contributed by atoms with van der Waals surface area (Å²) in [7, 11) is 0. The fraction of sp³-hybridized carbons (Fsp3) is 0.484. The topological polar surface area (TPSA) is 73.3 Å². The molecule has 2 aromatic rings. The molecule has 0 spiro atoms. The Morgan fingerprint density at radius 2 is 1.84 bits per heavy atom. The molecule has 0 unspecified atom stereocenters. The average molecular weight is 518 g/mol. The van der Waals surface area contributed by atoms with Crippen LogP contribution in [0.3, 0.4) is 0 Å². The Bertz CT molecular complexity index is 1170. The predicted molar refractivity (Wildman–Crippen MR) is 146 cm³/mol. The minimum atomic E-state index is -0.411. The highest BCUT2D eigenvalue weighted by molar-refractivity contribution is 5.79. The average Bonchev–Trinajstić information content (AvgIpc) is 3.35. The van der Waals surface area contributed by atoms with Crippen LogP contribution in [0.25, 0.3) is 0 Å². The minimum absolute atomic E-state index is 0.0913. The third kappa shape index (κ3) is 6.45. The van der Waals surface area contributed by atoms with Gasteiger partial charge in [0.2, 0.25) is 11.8 Å². The van der Waals surface area contributed by atoms with Crippen LogP contribution in [-0.2, 0) is 22.7 Å². The van der Waals surface area contributed by atoms with E-state index in [1.807, 2.05) is 41.3 Å². The molecule has 3 aliphatic heterocycles. The second kappa shape index (κ2) is 12.1. The van der Waals surface area contributed by atoms with Gasteiger partial charge in [0.15, 0.2) is 0 Å². The number of likely N-dealkylation sites (tertiary alicyclic amines) is 1. The summed E-state index contributed by atoms with van der Waals surface area (Å²) < 4.78 is 6.18. The largest absolute Gasteiger partial charge is 0.489 e. The van der Waals surface area contributed by atoms with Gasteiger partial charge in [0.1, 0.15) is 12.4 Å². The van der Waals surface area contributed by atoms with Gasteiger partial charge in [0.25, 0.3) is 0 Å². The predicted octanol–water partition coefficient (Wildman–Crippen LogP) is 3.39. The fourth-order valence-corrected chi connectivity index (χ4v) is 5.92. The van der Waals surface area contributed by atoms with E-state index in [1.54, 1.807) is 4.90 Å². The summed E-state index contributed by atoms with van der Waals surface area (Å²) in [5, 5.41) is 9.86. The quantitative estimate of drug-likeness (QED) is 0.630. The van der Waals surface area contributed by atoms with E-state index >= 15 is 0 Å². The number of aliphatic hydroxyl groups is 1. The lowest BCUT2D eigenvalue weighted by Gasteiger charge is -2.38. The van der Waals surface area contributed by atoms with Gasteiger partial charge in [-0.3, -0.25) is 14.5 Å². The molecule has 2 bridgehead atoms. The lowest BCUT2D eigenvalue weighted by Crippen LogP contribution is -2.47. The van der Waals surface area contributed by atoms with Crippen LogP contribution < -0.4 is 4.74 Å². The summed E-state index contributed by atoms with van der Waals surface area (Å²) in [6.07, 6.45) is 5.66. The summed E-state index contributed by atoms with van der Waals surface area (Å²) in [6, 6.07) is 16.4. The van der Waals surface area contributed by atoms with Crippen molar-refractivity contribution in [3.8, 4) is 5.75 Å². The molecule has 3 heterocycles. The molecule has 1 N–H and O–H groups in total. The Balaban J connectivity index is 1.36. The number of hydrogen-bond donors (Lipinski definition) is 1. The highest BCUT2D eigenvalue weighted by Gasteiger charge is 2.34. The number of benzene rings is 2. The second-order valence-corrected chi connectivity index (χ2v) is 11.0. The van der Waals surface area contributed by atoms with Crippen molar-refractivity contribution in [1.82, 2.24) is 14.7 Å². The third-order valence-electron chi connectivity index (χ3n) is 8.21. The lowest BCUT2D eigenvalue weighted by molar-refractivity contribution is -0.136. The molecule has 202 valence electrons. The molecule has 7 heteroatoms. The lowest BCUT2D eigenvalue weighted by atomic mass is 9.82. The Labute approximate surface area is 225 Å². The number of rotatable bonds is 4. The van der Waals surface area contributed by atoms with Gasteiger partial charge in [-0.25, -0.2) is 0 Å². The van der Waals surface area contributed by atoms with Gasteiger partial charge >= 0.3 is 0 Å². The molecular formula is C31H39N3O4. The van der Waals surface area contributed by atoms with Gasteiger partial charge in [-0.1, -0.05) is 54.6 Å². The number of aliphatic hydroxyl groups excluding tert-OH is 1. The summed E-state index contributed by atoms with van der Waals surface area (Å²) in [4.78, 5) is 32.6. The molecule has 0 aliphatic carbocycles. The van der Waals surface area contributed by atoms with Crippen molar-refractivity contribution in [2.45, 2.75) is 45.4 Å². The maximum absolute atomic E-state index is 13.6. The van der Waals surface area contributed by atoms with Crippen LogP contribution in [0.2, 0.25) is 0 Å². The minimum Gasteiger partial charge on any atom is -0.489 e. The number of aryl methyl sites for hydroxylation is 1. The normalized spacial score (nSPS) is 24.7. The molecule has 3 atom stereocenters. The Morgan fingerprint density at radius 1 is 1.03 bits per heavy atom.